The molecule has 1 heterocycles. The molecular weight excluding hydrogens is 296 g/mol. The number of benzene rings is 1. The molecule has 0 aliphatic rings. The monoisotopic (exact) mass is 310 g/mol. The van der Waals surface area contributed by atoms with E-state index < -0.39 is 10.0 Å². The van der Waals surface area contributed by atoms with E-state index in [-0.39, 0.29) is 9.88 Å². The molecule has 6 nitrogen and oxygen atoms in total. The zero-order valence-electron chi connectivity index (χ0n) is 11.0. The van der Waals surface area contributed by atoms with Crippen LogP contribution in [0.15, 0.2) is 35.5 Å². The lowest BCUT2D eigenvalue weighted by atomic mass is 10.1. The molecule has 2 aromatic rings. The Kier molecular flexibility index (Phi) is 3.78. The highest BCUT2D eigenvalue weighted by molar-refractivity contribution is 7.92. The van der Waals surface area contributed by atoms with Crippen LogP contribution in [-0.2, 0) is 17.1 Å². The van der Waals surface area contributed by atoms with Crippen LogP contribution >= 0.6 is 12.2 Å². The predicted octanol–water partition coefficient (Wildman–Crippen LogP) is 1.16. The second kappa shape index (κ2) is 5.22. The molecule has 0 amide bonds. The fraction of sp³-hybridized carbons (Fsp3) is 0.167. The first-order valence-corrected chi connectivity index (χ1v) is 7.60. The maximum Gasteiger partial charge on any atom is 0.265 e. The number of nitrogens with zero attached hydrogens (tertiary/aromatic N) is 2. The van der Waals surface area contributed by atoms with Gasteiger partial charge in [0.2, 0.25) is 0 Å². The molecule has 0 saturated carbocycles. The summed E-state index contributed by atoms with van der Waals surface area (Å²) in [5.41, 5.74) is 7.38. The summed E-state index contributed by atoms with van der Waals surface area (Å²) < 4.78 is 28.4. The van der Waals surface area contributed by atoms with Gasteiger partial charge in [-0.25, -0.2) is 8.42 Å². The number of aryl methyl sites for hydroxylation is 2. The molecule has 0 spiro atoms. The Morgan fingerprint density at radius 3 is 2.70 bits per heavy atom. The predicted molar refractivity (Wildman–Crippen MR) is 81.1 cm³/mol. The van der Waals surface area contributed by atoms with Gasteiger partial charge in [0, 0.05) is 18.8 Å². The molecule has 3 N–H and O–H groups in total. The van der Waals surface area contributed by atoms with Gasteiger partial charge in [0.25, 0.3) is 10.0 Å². The lowest BCUT2D eigenvalue weighted by Crippen LogP contribution is -2.15. The summed E-state index contributed by atoms with van der Waals surface area (Å²) in [7, 11) is -2.02. The normalized spacial score (nSPS) is 11.3. The number of hydrogen-bond donors (Lipinski definition) is 2. The number of thiocarbonyl (C=S) groups is 1. The van der Waals surface area contributed by atoms with E-state index in [2.05, 4.69) is 9.82 Å². The number of rotatable bonds is 4. The first-order chi connectivity index (χ1) is 9.29. The fourth-order valence-electron chi connectivity index (χ4n) is 1.63. The third kappa shape index (κ3) is 2.97. The van der Waals surface area contributed by atoms with Gasteiger partial charge in [0.1, 0.15) is 9.88 Å². The van der Waals surface area contributed by atoms with Crippen molar-refractivity contribution in [3.63, 3.8) is 0 Å². The third-order valence-electron chi connectivity index (χ3n) is 2.76. The fourth-order valence-corrected chi connectivity index (χ4v) is 2.86. The van der Waals surface area contributed by atoms with Crippen molar-refractivity contribution in [2.45, 2.75) is 11.8 Å². The highest BCUT2D eigenvalue weighted by Crippen LogP contribution is 2.21. The highest BCUT2D eigenvalue weighted by Gasteiger charge is 2.17. The average molecular weight is 310 g/mol. The van der Waals surface area contributed by atoms with E-state index in [1.807, 2.05) is 0 Å². The second-order valence-corrected chi connectivity index (χ2v) is 6.47. The van der Waals surface area contributed by atoms with E-state index in [0.717, 1.165) is 5.56 Å². The van der Waals surface area contributed by atoms with Crippen LogP contribution in [-0.4, -0.2) is 23.2 Å². The number of aromatic nitrogens is 2. The number of sulfonamides is 1. The van der Waals surface area contributed by atoms with Crippen LogP contribution in [0.5, 0.6) is 0 Å². The molecule has 0 bridgehead atoms. The Balaban J connectivity index is 2.39. The van der Waals surface area contributed by atoms with Crippen LogP contribution in [0.3, 0.4) is 0 Å². The topological polar surface area (TPSA) is 90.0 Å². The molecule has 0 radical (unpaired) electrons. The summed E-state index contributed by atoms with van der Waals surface area (Å²) in [6, 6.07) is 5.13. The SMILES string of the molecule is Cc1ccc(C(N)=S)cc1NS(=O)(=O)c1cnn(C)c1. The summed E-state index contributed by atoms with van der Waals surface area (Å²) in [4.78, 5) is 0.312. The molecular formula is C12H14N4O2S2. The highest BCUT2D eigenvalue weighted by atomic mass is 32.2. The van der Waals surface area contributed by atoms with Gasteiger partial charge in [-0.15, -0.1) is 0 Å². The van der Waals surface area contributed by atoms with Crippen LogP contribution in [0.25, 0.3) is 0 Å². The summed E-state index contributed by atoms with van der Waals surface area (Å²) in [5, 5.41) is 3.85. The number of hydrogen-bond acceptors (Lipinski definition) is 4. The number of anilines is 1. The smallest absolute Gasteiger partial charge is 0.265 e. The molecule has 0 aliphatic carbocycles. The van der Waals surface area contributed by atoms with E-state index >= 15 is 0 Å². The van der Waals surface area contributed by atoms with Crippen molar-refractivity contribution in [3.8, 4) is 0 Å². The molecule has 0 unspecified atom stereocenters. The first kappa shape index (κ1) is 14.5. The summed E-state index contributed by atoms with van der Waals surface area (Å²) in [6.07, 6.45) is 2.71. The minimum atomic E-state index is -3.67. The van der Waals surface area contributed by atoms with E-state index in [9.17, 15) is 8.42 Å². The number of nitrogens with one attached hydrogen (secondary N) is 1. The molecule has 0 saturated heterocycles. The van der Waals surface area contributed by atoms with Crippen LogP contribution in [0.2, 0.25) is 0 Å². The largest absolute Gasteiger partial charge is 0.389 e. The lowest BCUT2D eigenvalue weighted by Gasteiger charge is -2.10. The lowest BCUT2D eigenvalue weighted by molar-refractivity contribution is 0.601. The van der Waals surface area contributed by atoms with Crippen molar-refractivity contribution < 1.29 is 8.42 Å². The zero-order valence-corrected chi connectivity index (χ0v) is 12.6. The van der Waals surface area contributed by atoms with Crippen molar-refractivity contribution in [3.05, 3.63) is 41.7 Å². The Labute approximate surface area is 122 Å². The van der Waals surface area contributed by atoms with E-state index in [4.69, 9.17) is 18.0 Å². The first-order valence-electron chi connectivity index (χ1n) is 5.71. The van der Waals surface area contributed by atoms with Crippen LogP contribution in [0, 0.1) is 6.92 Å². The molecule has 2 rings (SSSR count). The molecule has 0 atom stereocenters. The average Bonchev–Trinajstić information content (AvgIpc) is 2.79. The molecule has 1 aromatic heterocycles. The second-order valence-electron chi connectivity index (χ2n) is 4.35. The van der Waals surface area contributed by atoms with Crippen molar-refractivity contribution in [2.24, 2.45) is 12.8 Å². The molecule has 20 heavy (non-hydrogen) atoms. The third-order valence-corrected chi connectivity index (χ3v) is 4.31. The Morgan fingerprint density at radius 1 is 1.45 bits per heavy atom. The van der Waals surface area contributed by atoms with Crippen LogP contribution < -0.4 is 10.5 Å². The summed E-state index contributed by atoms with van der Waals surface area (Å²) in [5.74, 6) is 0. The molecule has 0 aliphatic heterocycles. The standard InChI is InChI=1S/C12H14N4O2S2/c1-8-3-4-9(12(13)19)5-11(8)15-20(17,18)10-6-14-16(2)7-10/h3-7,15H,1-2H3,(H2,13,19). The molecule has 0 fully saturated rings. The Bertz CT molecular complexity index is 766. The molecule has 8 heteroatoms. The van der Waals surface area contributed by atoms with Crippen molar-refractivity contribution >= 4 is 32.9 Å². The minimum Gasteiger partial charge on any atom is -0.389 e. The summed E-state index contributed by atoms with van der Waals surface area (Å²) >= 11 is 4.89. The maximum absolute atomic E-state index is 12.2. The van der Waals surface area contributed by atoms with Crippen LogP contribution in [0.1, 0.15) is 11.1 Å². The van der Waals surface area contributed by atoms with Gasteiger partial charge >= 0.3 is 0 Å². The van der Waals surface area contributed by atoms with Gasteiger partial charge in [0.05, 0.1) is 11.9 Å². The van der Waals surface area contributed by atoms with E-state index in [1.165, 1.54) is 17.1 Å². The van der Waals surface area contributed by atoms with Gasteiger partial charge in [-0.2, -0.15) is 5.10 Å². The van der Waals surface area contributed by atoms with Crippen molar-refractivity contribution in [2.75, 3.05) is 4.72 Å². The van der Waals surface area contributed by atoms with E-state index in [0.29, 0.717) is 11.3 Å². The minimum absolute atomic E-state index is 0.0973. The van der Waals surface area contributed by atoms with Crippen molar-refractivity contribution in [1.29, 1.82) is 0 Å². The summed E-state index contributed by atoms with van der Waals surface area (Å²) in [6.45, 7) is 1.80. The van der Waals surface area contributed by atoms with Gasteiger partial charge in [0.15, 0.2) is 0 Å². The van der Waals surface area contributed by atoms with Gasteiger partial charge in [-0.1, -0.05) is 24.4 Å². The van der Waals surface area contributed by atoms with E-state index in [1.54, 1.807) is 32.2 Å². The quantitative estimate of drug-likeness (QED) is 0.827. The van der Waals surface area contributed by atoms with Gasteiger partial charge in [-0.05, 0) is 18.6 Å². The Hall–Kier alpha value is -1.93. The van der Waals surface area contributed by atoms with Crippen molar-refractivity contribution in [1.82, 2.24) is 9.78 Å². The van der Waals surface area contributed by atoms with Gasteiger partial charge < -0.3 is 5.73 Å². The number of nitrogens with two attached hydrogens (primary N) is 1. The van der Waals surface area contributed by atoms with Gasteiger partial charge in [-0.3, -0.25) is 9.40 Å². The van der Waals surface area contributed by atoms with Crippen LogP contribution in [0.4, 0.5) is 5.69 Å². The molecule has 1 aromatic carbocycles. The maximum atomic E-state index is 12.2. The Morgan fingerprint density at radius 2 is 2.15 bits per heavy atom. The molecule has 106 valence electrons. The zero-order chi connectivity index (χ0) is 14.9.